The second kappa shape index (κ2) is 5.91. The van der Waals surface area contributed by atoms with Crippen molar-refractivity contribution >= 4 is 22.9 Å². The molecular formula is C13H14N4O. The molecule has 5 heteroatoms. The molecule has 2 N–H and O–H groups in total. The highest BCUT2D eigenvalue weighted by molar-refractivity contribution is 6.26. The van der Waals surface area contributed by atoms with Crippen LogP contribution in [0.1, 0.15) is 5.56 Å². The van der Waals surface area contributed by atoms with Crippen LogP contribution in [0, 0.1) is 0 Å². The van der Waals surface area contributed by atoms with Crippen molar-refractivity contribution in [3.8, 4) is 0 Å². The number of ketones is 1. The first kappa shape index (κ1) is 12.2. The summed E-state index contributed by atoms with van der Waals surface area (Å²) >= 11 is 0. The van der Waals surface area contributed by atoms with Gasteiger partial charge in [-0.05, 0) is 24.6 Å². The van der Waals surface area contributed by atoms with Crippen molar-refractivity contribution in [3.05, 3.63) is 41.6 Å². The highest BCUT2D eigenvalue weighted by atomic mass is 16.1. The third-order valence-corrected chi connectivity index (χ3v) is 2.75. The standard InChI is InChI=1S/C13H14N4O/c14-17-9-11(18)8-15-6-5-10-7-16-13-4-2-1-3-12(10)13/h1-4,7,9,15-16H,5-6,8H2. The van der Waals surface area contributed by atoms with Crippen molar-refractivity contribution in [2.75, 3.05) is 13.1 Å². The van der Waals surface area contributed by atoms with E-state index in [1.807, 2.05) is 24.4 Å². The summed E-state index contributed by atoms with van der Waals surface area (Å²) in [4.78, 5) is 16.9. The molecule has 1 heterocycles. The van der Waals surface area contributed by atoms with Gasteiger partial charge in [0.05, 0.1) is 6.54 Å². The van der Waals surface area contributed by atoms with Crippen molar-refractivity contribution in [2.24, 2.45) is 0 Å². The lowest BCUT2D eigenvalue weighted by atomic mass is 10.1. The van der Waals surface area contributed by atoms with Gasteiger partial charge in [0.2, 0.25) is 5.78 Å². The molecule has 0 atom stereocenters. The second-order valence-corrected chi connectivity index (χ2v) is 4.00. The lowest BCUT2D eigenvalue weighted by molar-refractivity contribution is -0.115. The highest BCUT2D eigenvalue weighted by Crippen LogP contribution is 2.17. The fraction of sp³-hybridized carbons (Fsp3) is 0.231. The average molecular weight is 242 g/mol. The van der Waals surface area contributed by atoms with Crippen LogP contribution in [0.2, 0.25) is 0 Å². The number of aromatic amines is 1. The highest BCUT2D eigenvalue weighted by Gasteiger charge is 2.04. The van der Waals surface area contributed by atoms with E-state index in [-0.39, 0.29) is 12.3 Å². The molecule has 1 aromatic carbocycles. The van der Waals surface area contributed by atoms with E-state index in [1.54, 1.807) is 0 Å². The zero-order valence-electron chi connectivity index (χ0n) is 9.89. The number of aromatic nitrogens is 1. The van der Waals surface area contributed by atoms with E-state index < -0.39 is 0 Å². The Morgan fingerprint density at radius 3 is 3.11 bits per heavy atom. The van der Waals surface area contributed by atoms with E-state index in [4.69, 9.17) is 5.53 Å². The largest absolute Gasteiger partial charge is 0.361 e. The Bertz CT molecular complexity index is 596. The number of carbonyl (C=O) groups is 1. The van der Waals surface area contributed by atoms with Gasteiger partial charge in [-0.3, -0.25) is 4.79 Å². The Hall–Kier alpha value is -2.23. The van der Waals surface area contributed by atoms with Crippen LogP contribution < -0.4 is 5.32 Å². The molecule has 0 amide bonds. The average Bonchev–Trinajstić information content (AvgIpc) is 2.78. The molecule has 1 aromatic heterocycles. The Morgan fingerprint density at radius 2 is 2.28 bits per heavy atom. The van der Waals surface area contributed by atoms with Gasteiger partial charge >= 0.3 is 6.21 Å². The molecule has 0 bridgehead atoms. The molecule has 0 aliphatic carbocycles. The van der Waals surface area contributed by atoms with Crippen molar-refractivity contribution < 1.29 is 9.58 Å². The van der Waals surface area contributed by atoms with Crippen LogP contribution in [0.25, 0.3) is 16.4 Å². The van der Waals surface area contributed by atoms with Gasteiger partial charge in [-0.2, -0.15) is 4.79 Å². The third kappa shape index (κ3) is 2.91. The first-order chi connectivity index (χ1) is 8.81. The number of Topliss-reactive ketones (excluding diaryl/α,β-unsaturated/α-hetero) is 1. The molecular weight excluding hydrogens is 228 g/mol. The predicted molar refractivity (Wildman–Crippen MR) is 69.6 cm³/mol. The van der Waals surface area contributed by atoms with E-state index >= 15 is 0 Å². The van der Waals surface area contributed by atoms with Gasteiger partial charge in [-0.25, -0.2) is 0 Å². The number of hydrogen-bond donors (Lipinski definition) is 2. The van der Waals surface area contributed by atoms with Crippen LogP contribution in [0.3, 0.4) is 0 Å². The van der Waals surface area contributed by atoms with Gasteiger partial charge in [0.25, 0.3) is 0 Å². The summed E-state index contributed by atoms with van der Waals surface area (Å²) in [5, 5.41) is 4.22. The Morgan fingerprint density at radius 1 is 1.44 bits per heavy atom. The summed E-state index contributed by atoms with van der Waals surface area (Å²) < 4.78 is 0. The molecule has 2 rings (SSSR count). The first-order valence-corrected chi connectivity index (χ1v) is 5.77. The molecule has 2 aromatic rings. The SMILES string of the molecule is [N-]=[N+]=CC(=O)CNCCc1c[nH]c2ccccc12. The lowest BCUT2D eigenvalue weighted by Crippen LogP contribution is -2.25. The van der Waals surface area contributed by atoms with E-state index in [0.29, 0.717) is 6.54 Å². The Balaban J connectivity index is 1.87. The van der Waals surface area contributed by atoms with E-state index in [0.717, 1.165) is 18.2 Å². The molecule has 0 unspecified atom stereocenters. The van der Waals surface area contributed by atoms with E-state index in [9.17, 15) is 4.79 Å². The van der Waals surface area contributed by atoms with Crippen LogP contribution in [-0.4, -0.2) is 34.9 Å². The van der Waals surface area contributed by atoms with Crippen LogP contribution in [0.5, 0.6) is 0 Å². The van der Waals surface area contributed by atoms with Crippen molar-refractivity contribution in [3.63, 3.8) is 0 Å². The number of para-hydroxylation sites is 1. The van der Waals surface area contributed by atoms with Gasteiger partial charge in [0.15, 0.2) is 0 Å². The number of nitrogens with one attached hydrogen (secondary N) is 2. The van der Waals surface area contributed by atoms with E-state index in [2.05, 4.69) is 21.2 Å². The third-order valence-electron chi connectivity index (χ3n) is 2.75. The fourth-order valence-corrected chi connectivity index (χ4v) is 1.88. The summed E-state index contributed by atoms with van der Waals surface area (Å²) in [6, 6.07) is 8.11. The maximum absolute atomic E-state index is 11.0. The normalized spacial score (nSPS) is 10.2. The number of H-pyrrole nitrogens is 1. The molecule has 0 fully saturated rings. The van der Waals surface area contributed by atoms with Crippen LogP contribution in [0.15, 0.2) is 30.5 Å². The summed E-state index contributed by atoms with van der Waals surface area (Å²) in [5.74, 6) is -0.239. The van der Waals surface area contributed by atoms with Gasteiger partial charge in [-0.15, -0.1) is 0 Å². The number of benzene rings is 1. The zero-order chi connectivity index (χ0) is 12.8. The molecule has 5 nitrogen and oxygen atoms in total. The minimum atomic E-state index is -0.239. The maximum atomic E-state index is 11.0. The number of fused-ring (bicyclic) bond motifs is 1. The number of carbonyl (C=O) groups excluding carboxylic acids is 1. The maximum Gasteiger partial charge on any atom is 0.324 e. The summed E-state index contributed by atoms with van der Waals surface area (Å²) in [6.45, 7) is 0.888. The molecule has 0 aliphatic rings. The number of nitrogens with zero attached hydrogens (tertiary/aromatic N) is 2. The minimum Gasteiger partial charge on any atom is -0.361 e. The Labute approximate surface area is 104 Å². The molecule has 0 saturated heterocycles. The van der Waals surface area contributed by atoms with Gasteiger partial charge in [0, 0.05) is 17.1 Å². The molecule has 0 radical (unpaired) electrons. The predicted octanol–water partition coefficient (Wildman–Crippen LogP) is 1.17. The van der Waals surface area contributed by atoms with Crippen molar-refractivity contribution in [2.45, 2.75) is 6.42 Å². The van der Waals surface area contributed by atoms with Crippen LogP contribution >= 0.6 is 0 Å². The number of rotatable bonds is 6. The summed E-state index contributed by atoms with van der Waals surface area (Å²) in [6.07, 6.45) is 3.73. The molecule has 18 heavy (non-hydrogen) atoms. The summed E-state index contributed by atoms with van der Waals surface area (Å²) in [5.41, 5.74) is 10.5. The van der Waals surface area contributed by atoms with Crippen LogP contribution in [0.4, 0.5) is 0 Å². The molecule has 0 saturated carbocycles. The zero-order valence-corrected chi connectivity index (χ0v) is 9.89. The quantitative estimate of drug-likeness (QED) is 0.345. The van der Waals surface area contributed by atoms with Gasteiger partial charge < -0.3 is 15.8 Å². The smallest absolute Gasteiger partial charge is 0.324 e. The molecule has 92 valence electrons. The van der Waals surface area contributed by atoms with Crippen molar-refractivity contribution in [1.82, 2.24) is 10.3 Å². The monoisotopic (exact) mass is 242 g/mol. The summed E-state index contributed by atoms with van der Waals surface area (Å²) in [7, 11) is 0. The first-order valence-electron chi connectivity index (χ1n) is 5.77. The fourth-order valence-electron chi connectivity index (χ4n) is 1.88. The number of hydrogen-bond acceptors (Lipinski definition) is 2. The lowest BCUT2D eigenvalue weighted by Gasteiger charge is -2.00. The van der Waals surface area contributed by atoms with Crippen LogP contribution in [-0.2, 0) is 11.2 Å². The topological polar surface area (TPSA) is 81.3 Å². The molecule has 0 spiro atoms. The van der Waals surface area contributed by atoms with Gasteiger partial charge in [-0.1, -0.05) is 18.2 Å². The van der Waals surface area contributed by atoms with E-state index in [1.165, 1.54) is 10.9 Å². The molecule has 0 aliphatic heterocycles. The Kier molecular flexibility index (Phi) is 4.02. The second-order valence-electron chi connectivity index (χ2n) is 4.00. The minimum absolute atomic E-state index is 0.187. The van der Waals surface area contributed by atoms with Crippen molar-refractivity contribution in [1.29, 1.82) is 0 Å². The van der Waals surface area contributed by atoms with Gasteiger partial charge in [0.1, 0.15) is 0 Å².